The summed E-state index contributed by atoms with van der Waals surface area (Å²) in [5.74, 6) is 3.86. The highest BCUT2D eigenvalue weighted by molar-refractivity contribution is 6.12. The van der Waals surface area contributed by atoms with Crippen LogP contribution in [0.3, 0.4) is 0 Å². The Morgan fingerprint density at radius 3 is 2.18 bits per heavy atom. The van der Waals surface area contributed by atoms with Gasteiger partial charge in [-0.3, -0.25) is 0 Å². The molecule has 0 fully saturated rings. The standard InChI is InChI=1S/C24H14O4/c25-23(26)20-13-12-17(22-19(20)6-3-7-21(22)24(27)28)11-9-15-8-10-16-4-1-2-5-18(16)14-15/h1-8,10,12-14H,(H,25,26)(H,27,28). The normalized spacial score (nSPS) is 10.4. The molecule has 4 aromatic carbocycles. The van der Waals surface area contributed by atoms with E-state index < -0.39 is 11.9 Å². The zero-order valence-corrected chi connectivity index (χ0v) is 14.6. The highest BCUT2D eigenvalue weighted by Gasteiger charge is 2.16. The van der Waals surface area contributed by atoms with E-state index in [4.69, 9.17) is 0 Å². The Bertz CT molecular complexity index is 1320. The summed E-state index contributed by atoms with van der Waals surface area (Å²) >= 11 is 0. The molecule has 0 atom stereocenters. The van der Waals surface area contributed by atoms with Crippen molar-refractivity contribution in [2.45, 2.75) is 0 Å². The van der Waals surface area contributed by atoms with Crippen molar-refractivity contribution in [3.63, 3.8) is 0 Å². The molecule has 28 heavy (non-hydrogen) atoms. The Hall–Kier alpha value is -4.10. The molecule has 0 bridgehead atoms. The first-order valence-corrected chi connectivity index (χ1v) is 8.58. The van der Waals surface area contributed by atoms with Gasteiger partial charge in [0.15, 0.2) is 0 Å². The van der Waals surface area contributed by atoms with Gasteiger partial charge in [-0.1, -0.05) is 54.3 Å². The van der Waals surface area contributed by atoms with Gasteiger partial charge in [-0.25, -0.2) is 9.59 Å². The summed E-state index contributed by atoms with van der Waals surface area (Å²) in [6.07, 6.45) is 0. The van der Waals surface area contributed by atoms with Crippen LogP contribution in [-0.2, 0) is 0 Å². The van der Waals surface area contributed by atoms with Crippen molar-refractivity contribution < 1.29 is 19.8 Å². The second-order valence-corrected chi connectivity index (χ2v) is 6.31. The second-order valence-electron chi connectivity index (χ2n) is 6.31. The maximum absolute atomic E-state index is 11.7. The third kappa shape index (κ3) is 3.06. The Morgan fingerprint density at radius 2 is 1.43 bits per heavy atom. The fourth-order valence-electron chi connectivity index (χ4n) is 3.28. The Balaban J connectivity index is 1.92. The average molecular weight is 366 g/mol. The highest BCUT2D eigenvalue weighted by Crippen LogP contribution is 2.26. The molecule has 0 aliphatic heterocycles. The Morgan fingerprint density at radius 1 is 0.679 bits per heavy atom. The highest BCUT2D eigenvalue weighted by atomic mass is 16.4. The monoisotopic (exact) mass is 366 g/mol. The van der Waals surface area contributed by atoms with E-state index >= 15 is 0 Å². The van der Waals surface area contributed by atoms with E-state index in [-0.39, 0.29) is 11.1 Å². The molecule has 0 spiro atoms. The van der Waals surface area contributed by atoms with E-state index in [0.29, 0.717) is 16.3 Å². The molecule has 134 valence electrons. The van der Waals surface area contributed by atoms with Gasteiger partial charge in [-0.2, -0.15) is 0 Å². The third-order valence-corrected chi connectivity index (χ3v) is 4.59. The zero-order valence-electron chi connectivity index (χ0n) is 14.6. The van der Waals surface area contributed by atoms with Gasteiger partial charge in [0.1, 0.15) is 0 Å². The first-order valence-electron chi connectivity index (χ1n) is 8.58. The second kappa shape index (κ2) is 6.90. The van der Waals surface area contributed by atoms with Crippen LogP contribution >= 0.6 is 0 Å². The number of hydrogen-bond acceptors (Lipinski definition) is 2. The molecule has 0 aliphatic rings. The maximum atomic E-state index is 11.7. The van der Waals surface area contributed by atoms with Crippen LogP contribution in [0, 0.1) is 11.8 Å². The predicted octanol–water partition coefficient (Wildman–Crippen LogP) is 4.79. The van der Waals surface area contributed by atoms with Crippen LogP contribution in [-0.4, -0.2) is 22.2 Å². The number of carboxylic acid groups (broad SMARTS) is 2. The lowest BCUT2D eigenvalue weighted by Gasteiger charge is -2.08. The van der Waals surface area contributed by atoms with Crippen molar-refractivity contribution in [3.05, 3.63) is 95.1 Å². The maximum Gasteiger partial charge on any atom is 0.336 e. The first-order chi connectivity index (χ1) is 13.5. The number of hydrogen-bond donors (Lipinski definition) is 2. The minimum atomic E-state index is -1.12. The van der Waals surface area contributed by atoms with Gasteiger partial charge >= 0.3 is 11.9 Å². The molecule has 0 saturated carbocycles. The fraction of sp³-hybridized carbons (Fsp3) is 0. The average Bonchev–Trinajstić information content (AvgIpc) is 2.71. The summed E-state index contributed by atoms with van der Waals surface area (Å²) in [4.78, 5) is 23.2. The van der Waals surface area contributed by atoms with Crippen molar-refractivity contribution in [3.8, 4) is 11.8 Å². The van der Waals surface area contributed by atoms with E-state index in [1.54, 1.807) is 18.2 Å². The lowest BCUT2D eigenvalue weighted by Crippen LogP contribution is -2.03. The molecule has 0 amide bonds. The van der Waals surface area contributed by atoms with Crippen LogP contribution in [0.2, 0.25) is 0 Å². The lowest BCUT2D eigenvalue weighted by molar-refractivity contribution is 0.0686. The summed E-state index contributed by atoms with van der Waals surface area (Å²) in [7, 11) is 0. The third-order valence-electron chi connectivity index (χ3n) is 4.59. The largest absolute Gasteiger partial charge is 0.478 e. The molecule has 4 nitrogen and oxygen atoms in total. The lowest BCUT2D eigenvalue weighted by atomic mass is 9.95. The van der Waals surface area contributed by atoms with Crippen molar-refractivity contribution >= 4 is 33.5 Å². The number of carbonyl (C=O) groups is 2. The van der Waals surface area contributed by atoms with Gasteiger partial charge in [-0.15, -0.1) is 0 Å². The van der Waals surface area contributed by atoms with E-state index in [0.717, 1.165) is 16.3 Å². The molecule has 0 aromatic heterocycles. The Kier molecular flexibility index (Phi) is 4.27. The van der Waals surface area contributed by atoms with Crippen LogP contribution in [0.1, 0.15) is 31.8 Å². The van der Waals surface area contributed by atoms with E-state index in [2.05, 4.69) is 11.8 Å². The van der Waals surface area contributed by atoms with Crippen LogP contribution in [0.5, 0.6) is 0 Å². The zero-order chi connectivity index (χ0) is 19.7. The van der Waals surface area contributed by atoms with E-state index in [1.165, 1.54) is 12.1 Å². The molecule has 4 rings (SSSR count). The molecule has 0 saturated heterocycles. The molecule has 0 unspecified atom stereocenters. The van der Waals surface area contributed by atoms with Crippen LogP contribution in [0.25, 0.3) is 21.5 Å². The summed E-state index contributed by atoms with van der Waals surface area (Å²) in [6.45, 7) is 0. The molecule has 2 N–H and O–H groups in total. The number of fused-ring (bicyclic) bond motifs is 2. The van der Waals surface area contributed by atoms with Gasteiger partial charge in [-0.05, 0) is 46.5 Å². The summed E-state index contributed by atoms with van der Waals surface area (Å²) in [5.41, 5.74) is 1.35. The minimum Gasteiger partial charge on any atom is -0.478 e. The quantitative estimate of drug-likeness (QED) is 0.500. The van der Waals surface area contributed by atoms with Gasteiger partial charge in [0, 0.05) is 16.5 Å². The molecular formula is C24H14O4. The number of benzene rings is 4. The summed E-state index contributed by atoms with van der Waals surface area (Å²) < 4.78 is 0. The SMILES string of the molecule is O=C(O)c1ccc(C#Cc2ccc3ccccc3c2)c2c(C(=O)O)cccc12. The van der Waals surface area contributed by atoms with Gasteiger partial charge in [0.25, 0.3) is 0 Å². The van der Waals surface area contributed by atoms with Crippen molar-refractivity contribution in [2.24, 2.45) is 0 Å². The number of carboxylic acids is 2. The molecule has 0 radical (unpaired) electrons. The van der Waals surface area contributed by atoms with Crippen molar-refractivity contribution in [2.75, 3.05) is 0 Å². The first kappa shape index (κ1) is 17.3. The number of aromatic carboxylic acids is 2. The van der Waals surface area contributed by atoms with Crippen LogP contribution in [0.4, 0.5) is 0 Å². The van der Waals surface area contributed by atoms with E-state index in [1.807, 2.05) is 42.5 Å². The molecule has 4 heteroatoms. The Labute approximate surface area is 160 Å². The molecule has 0 aliphatic carbocycles. The van der Waals surface area contributed by atoms with Crippen LogP contribution < -0.4 is 0 Å². The van der Waals surface area contributed by atoms with Crippen molar-refractivity contribution in [1.29, 1.82) is 0 Å². The summed E-state index contributed by atoms with van der Waals surface area (Å²) in [5, 5.41) is 21.8. The van der Waals surface area contributed by atoms with Gasteiger partial charge < -0.3 is 10.2 Å². The van der Waals surface area contributed by atoms with Crippen molar-refractivity contribution in [1.82, 2.24) is 0 Å². The number of rotatable bonds is 2. The minimum absolute atomic E-state index is 0.0309. The van der Waals surface area contributed by atoms with Gasteiger partial charge in [0.05, 0.1) is 11.1 Å². The summed E-state index contributed by atoms with van der Waals surface area (Å²) in [6, 6.07) is 21.4. The smallest absolute Gasteiger partial charge is 0.336 e. The van der Waals surface area contributed by atoms with Crippen LogP contribution in [0.15, 0.2) is 72.8 Å². The molecule has 0 heterocycles. The molecule has 4 aromatic rings. The van der Waals surface area contributed by atoms with Gasteiger partial charge in [0.2, 0.25) is 0 Å². The molecular weight excluding hydrogens is 352 g/mol. The fourth-order valence-corrected chi connectivity index (χ4v) is 3.28. The predicted molar refractivity (Wildman–Crippen MR) is 108 cm³/mol. The van der Waals surface area contributed by atoms with E-state index in [9.17, 15) is 19.8 Å². The topological polar surface area (TPSA) is 74.6 Å².